The molecule has 0 saturated carbocycles. The number of carbonyl (C=O) groups excluding carboxylic acids is 1. The molecular weight excluding hydrogens is 364 g/mol. The van der Waals surface area contributed by atoms with E-state index in [1.807, 2.05) is 25.1 Å². The van der Waals surface area contributed by atoms with E-state index in [0.717, 1.165) is 0 Å². The van der Waals surface area contributed by atoms with Gasteiger partial charge in [0.2, 0.25) is 0 Å². The molecule has 0 fully saturated rings. The van der Waals surface area contributed by atoms with E-state index in [-0.39, 0.29) is 12.5 Å². The van der Waals surface area contributed by atoms with Gasteiger partial charge in [-0.3, -0.25) is 10.2 Å². The van der Waals surface area contributed by atoms with Gasteiger partial charge in [0.1, 0.15) is 0 Å². The second kappa shape index (κ2) is 10.8. The van der Waals surface area contributed by atoms with Crippen LogP contribution in [0.4, 0.5) is 5.69 Å². The van der Waals surface area contributed by atoms with Crippen LogP contribution in [-0.4, -0.2) is 37.5 Å². The fourth-order valence-corrected chi connectivity index (χ4v) is 2.36. The number of carbonyl (C=O) groups is 1. The first kappa shape index (κ1) is 20.2. The zero-order valence-corrected chi connectivity index (χ0v) is 16.0. The summed E-state index contributed by atoms with van der Waals surface area (Å²) in [5, 5.41) is 10.2. The monoisotopic (exact) mass is 386 g/mol. The normalized spacial score (nSPS) is 10.3. The van der Waals surface area contributed by atoms with Crippen molar-refractivity contribution >= 4 is 35.1 Å². The second-order valence-corrected chi connectivity index (χ2v) is 5.72. The summed E-state index contributed by atoms with van der Waals surface area (Å²) in [4.78, 5) is 12.1. The van der Waals surface area contributed by atoms with Crippen molar-refractivity contribution in [1.82, 2.24) is 10.7 Å². The minimum Gasteiger partial charge on any atom is -0.493 e. The standard InChI is InChI=1S/C19H22N4O3S/c1-3-20-19(27)23-21-12-14-8-7-11-16(25-2)18(14)26-13-17(24)22-15-9-5-4-6-10-15/h4-12H,3,13H2,1-2H3,(H,22,24)(H2,20,23,27). The van der Waals surface area contributed by atoms with E-state index in [9.17, 15) is 4.79 Å². The van der Waals surface area contributed by atoms with Gasteiger partial charge in [-0.2, -0.15) is 5.10 Å². The number of nitrogens with zero attached hydrogens (tertiary/aromatic N) is 1. The molecular formula is C19H22N4O3S. The van der Waals surface area contributed by atoms with Crippen LogP contribution in [0.1, 0.15) is 12.5 Å². The number of hydrogen-bond acceptors (Lipinski definition) is 5. The van der Waals surface area contributed by atoms with E-state index >= 15 is 0 Å². The number of nitrogens with one attached hydrogen (secondary N) is 3. The lowest BCUT2D eigenvalue weighted by Gasteiger charge is -2.13. The summed E-state index contributed by atoms with van der Waals surface area (Å²) in [5.41, 5.74) is 4.06. The SMILES string of the molecule is CCNC(=S)NN=Cc1cccc(OC)c1OCC(=O)Nc1ccccc1. The Hall–Kier alpha value is -3.13. The van der Waals surface area contributed by atoms with E-state index in [1.54, 1.807) is 36.5 Å². The lowest BCUT2D eigenvalue weighted by atomic mass is 10.2. The van der Waals surface area contributed by atoms with E-state index in [0.29, 0.717) is 34.4 Å². The number of hydrazone groups is 1. The third kappa shape index (κ3) is 6.59. The fourth-order valence-electron chi connectivity index (χ4n) is 2.17. The van der Waals surface area contributed by atoms with Gasteiger partial charge < -0.3 is 20.1 Å². The summed E-state index contributed by atoms with van der Waals surface area (Å²) in [5.74, 6) is 0.644. The molecule has 142 valence electrons. The van der Waals surface area contributed by atoms with Crippen LogP contribution < -0.4 is 25.5 Å². The van der Waals surface area contributed by atoms with Crippen molar-refractivity contribution in [3.63, 3.8) is 0 Å². The number of para-hydroxylation sites is 2. The first-order valence-corrected chi connectivity index (χ1v) is 8.76. The minimum absolute atomic E-state index is 0.167. The van der Waals surface area contributed by atoms with Gasteiger partial charge in [-0.1, -0.05) is 24.3 Å². The van der Waals surface area contributed by atoms with Gasteiger partial charge in [-0.05, 0) is 43.4 Å². The molecule has 0 saturated heterocycles. The number of hydrogen-bond donors (Lipinski definition) is 3. The first-order chi connectivity index (χ1) is 13.1. The Kier molecular flexibility index (Phi) is 8.05. The number of rotatable bonds is 8. The highest BCUT2D eigenvalue weighted by atomic mass is 32.1. The molecule has 2 aromatic rings. The molecule has 0 atom stereocenters. The molecule has 0 radical (unpaired) electrons. The summed E-state index contributed by atoms with van der Waals surface area (Å²) >= 11 is 5.05. The third-order valence-corrected chi connectivity index (χ3v) is 3.58. The van der Waals surface area contributed by atoms with Gasteiger partial charge in [-0.25, -0.2) is 0 Å². The average molecular weight is 386 g/mol. The molecule has 0 aliphatic carbocycles. The van der Waals surface area contributed by atoms with E-state index in [2.05, 4.69) is 21.2 Å². The number of anilines is 1. The fraction of sp³-hybridized carbons (Fsp3) is 0.211. The van der Waals surface area contributed by atoms with Crippen molar-refractivity contribution in [2.24, 2.45) is 5.10 Å². The van der Waals surface area contributed by atoms with E-state index < -0.39 is 0 Å². The van der Waals surface area contributed by atoms with Gasteiger partial charge in [0.15, 0.2) is 23.2 Å². The Balaban J connectivity index is 2.04. The molecule has 2 rings (SSSR count). The first-order valence-electron chi connectivity index (χ1n) is 8.35. The average Bonchev–Trinajstić information content (AvgIpc) is 2.67. The summed E-state index contributed by atoms with van der Waals surface area (Å²) in [6.45, 7) is 2.47. The van der Waals surface area contributed by atoms with Crippen LogP contribution in [-0.2, 0) is 4.79 Å². The highest BCUT2D eigenvalue weighted by Crippen LogP contribution is 2.30. The Labute approximate surface area is 163 Å². The molecule has 0 aliphatic heterocycles. The van der Waals surface area contributed by atoms with Gasteiger partial charge in [0.05, 0.1) is 13.3 Å². The van der Waals surface area contributed by atoms with E-state index in [1.165, 1.54) is 7.11 Å². The van der Waals surface area contributed by atoms with Gasteiger partial charge in [-0.15, -0.1) is 0 Å². The summed E-state index contributed by atoms with van der Waals surface area (Å²) in [7, 11) is 1.53. The van der Waals surface area contributed by atoms with Crippen LogP contribution in [0.3, 0.4) is 0 Å². The Morgan fingerprint density at radius 1 is 1.19 bits per heavy atom. The Morgan fingerprint density at radius 3 is 2.67 bits per heavy atom. The molecule has 0 spiro atoms. The topological polar surface area (TPSA) is 84.0 Å². The molecule has 1 amide bonds. The maximum absolute atomic E-state index is 12.1. The van der Waals surface area contributed by atoms with Crippen molar-refractivity contribution in [3.8, 4) is 11.5 Å². The predicted octanol–water partition coefficient (Wildman–Crippen LogP) is 2.53. The minimum atomic E-state index is -0.276. The molecule has 0 heterocycles. The highest BCUT2D eigenvalue weighted by Gasteiger charge is 2.12. The molecule has 27 heavy (non-hydrogen) atoms. The highest BCUT2D eigenvalue weighted by molar-refractivity contribution is 7.80. The number of benzene rings is 2. The smallest absolute Gasteiger partial charge is 0.262 e. The Bertz CT molecular complexity index is 797. The van der Waals surface area contributed by atoms with Gasteiger partial charge in [0, 0.05) is 17.8 Å². The molecule has 0 aromatic heterocycles. The largest absolute Gasteiger partial charge is 0.493 e. The molecule has 7 nitrogen and oxygen atoms in total. The lowest BCUT2D eigenvalue weighted by molar-refractivity contribution is -0.118. The van der Waals surface area contributed by atoms with Crippen LogP contribution in [0.15, 0.2) is 53.6 Å². The van der Waals surface area contributed by atoms with Gasteiger partial charge >= 0.3 is 0 Å². The number of ether oxygens (including phenoxy) is 2. The zero-order chi connectivity index (χ0) is 19.5. The molecule has 0 aliphatic rings. The summed E-state index contributed by atoms with van der Waals surface area (Å²) in [6.07, 6.45) is 1.55. The molecule has 0 bridgehead atoms. The number of methoxy groups -OCH3 is 1. The lowest BCUT2D eigenvalue weighted by Crippen LogP contribution is -2.31. The molecule has 8 heteroatoms. The van der Waals surface area contributed by atoms with Crippen LogP contribution in [0.25, 0.3) is 0 Å². The van der Waals surface area contributed by atoms with Crippen molar-refractivity contribution in [1.29, 1.82) is 0 Å². The zero-order valence-electron chi connectivity index (χ0n) is 15.2. The quantitative estimate of drug-likeness (QED) is 0.367. The number of thiocarbonyl (C=S) groups is 1. The van der Waals surface area contributed by atoms with Crippen molar-refractivity contribution in [3.05, 3.63) is 54.1 Å². The maximum Gasteiger partial charge on any atom is 0.262 e. The van der Waals surface area contributed by atoms with Crippen LogP contribution in [0.2, 0.25) is 0 Å². The maximum atomic E-state index is 12.1. The molecule has 0 unspecified atom stereocenters. The van der Waals surface area contributed by atoms with E-state index in [4.69, 9.17) is 21.7 Å². The Morgan fingerprint density at radius 2 is 1.96 bits per heavy atom. The van der Waals surface area contributed by atoms with Crippen LogP contribution in [0.5, 0.6) is 11.5 Å². The summed E-state index contributed by atoms with van der Waals surface area (Å²) in [6, 6.07) is 14.5. The van der Waals surface area contributed by atoms with Crippen LogP contribution in [0, 0.1) is 0 Å². The molecule has 2 aromatic carbocycles. The predicted molar refractivity (Wildman–Crippen MR) is 111 cm³/mol. The third-order valence-electron chi connectivity index (χ3n) is 3.34. The summed E-state index contributed by atoms with van der Waals surface area (Å²) < 4.78 is 11.0. The second-order valence-electron chi connectivity index (χ2n) is 5.31. The number of amides is 1. The van der Waals surface area contributed by atoms with Crippen molar-refractivity contribution < 1.29 is 14.3 Å². The van der Waals surface area contributed by atoms with Crippen molar-refractivity contribution in [2.75, 3.05) is 25.6 Å². The van der Waals surface area contributed by atoms with Crippen molar-refractivity contribution in [2.45, 2.75) is 6.92 Å². The van der Waals surface area contributed by atoms with Gasteiger partial charge in [0.25, 0.3) is 5.91 Å². The molecule has 3 N–H and O–H groups in total. The van der Waals surface area contributed by atoms with Crippen LogP contribution >= 0.6 is 12.2 Å².